The first-order chi connectivity index (χ1) is 9.56. The molecule has 0 N–H and O–H groups in total. The van der Waals surface area contributed by atoms with E-state index in [2.05, 4.69) is 4.98 Å². The van der Waals surface area contributed by atoms with Crippen LogP contribution in [0.25, 0.3) is 11.0 Å². The van der Waals surface area contributed by atoms with Crippen LogP contribution in [0.1, 0.15) is 25.0 Å². The number of esters is 1. The lowest BCUT2D eigenvalue weighted by Crippen LogP contribution is -2.15. The van der Waals surface area contributed by atoms with Crippen LogP contribution in [0, 0.1) is 0 Å². The third kappa shape index (κ3) is 2.88. The Bertz CT molecular complexity index is 622. The van der Waals surface area contributed by atoms with Crippen molar-refractivity contribution in [2.24, 2.45) is 0 Å². The number of halogens is 1. The van der Waals surface area contributed by atoms with Gasteiger partial charge in [-0.3, -0.25) is 4.79 Å². The molecule has 108 valence electrons. The van der Waals surface area contributed by atoms with E-state index in [1.807, 2.05) is 25.1 Å². The fourth-order valence-corrected chi connectivity index (χ4v) is 2.22. The minimum absolute atomic E-state index is 0.0872. The molecule has 0 aliphatic rings. The molecule has 6 heteroatoms. The maximum absolute atomic E-state index is 11.7. The van der Waals surface area contributed by atoms with Gasteiger partial charge in [-0.2, -0.15) is 0 Å². The zero-order valence-corrected chi connectivity index (χ0v) is 12.5. The second kappa shape index (κ2) is 6.13. The molecule has 0 fully saturated rings. The number of nitrogens with zero attached hydrogens (tertiary/aromatic N) is 2. The number of ether oxygens (including phenoxy) is 2. The number of methoxy groups -OCH3 is 1. The third-order valence-electron chi connectivity index (χ3n) is 2.93. The number of carbonyl (C=O) groups excluding carboxylic acids is 1. The van der Waals surface area contributed by atoms with Crippen molar-refractivity contribution in [3.63, 3.8) is 0 Å². The number of benzene rings is 1. The fourth-order valence-electron chi connectivity index (χ4n) is 2.05. The topological polar surface area (TPSA) is 53.4 Å². The van der Waals surface area contributed by atoms with Crippen molar-refractivity contribution < 1.29 is 14.3 Å². The molecule has 0 radical (unpaired) electrons. The van der Waals surface area contributed by atoms with Gasteiger partial charge in [-0.1, -0.05) is 0 Å². The SMILES string of the molecule is CCOC(=O)Cn1c(C(C)Cl)nc2ccc(OC)cc21. The summed E-state index contributed by atoms with van der Waals surface area (Å²) < 4.78 is 12.0. The Kier molecular flexibility index (Phi) is 4.49. The highest BCUT2D eigenvalue weighted by molar-refractivity contribution is 6.20. The molecule has 1 atom stereocenters. The number of rotatable bonds is 5. The van der Waals surface area contributed by atoms with Gasteiger partial charge < -0.3 is 14.0 Å². The van der Waals surface area contributed by atoms with Crippen molar-refractivity contribution in [3.8, 4) is 5.75 Å². The zero-order valence-electron chi connectivity index (χ0n) is 11.7. The van der Waals surface area contributed by atoms with Crippen molar-refractivity contribution in [2.75, 3.05) is 13.7 Å². The van der Waals surface area contributed by atoms with Gasteiger partial charge in [0.05, 0.1) is 30.1 Å². The Morgan fingerprint density at radius 1 is 1.50 bits per heavy atom. The van der Waals surface area contributed by atoms with E-state index in [-0.39, 0.29) is 17.9 Å². The van der Waals surface area contributed by atoms with Crippen LogP contribution in [-0.2, 0) is 16.1 Å². The van der Waals surface area contributed by atoms with Crippen molar-refractivity contribution in [2.45, 2.75) is 25.8 Å². The molecule has 0 saturated heterocycles. The molecule has 1 aromatic heterocycles. The molecule has 0 amide bonds. The molecule has 0 aliphatic heterocycles. The number of aromatic nitrogens is 2. The van der Waals surface area contributed by atoms with E-state index >= 15 is 0 Å². The van der Waals surface area contributed by atoms with E-state index < -0.39 is 0 Å². The predicted octanol–water partition coefficient (Wildman–Crippen LogP) is 2.91. The molecular formula is C14H17ClN2O3. The van der Waals surface area contributed by atoms with Crippen molar-refractivity contribution in [1.29, 1.82) is 0 Å². The van der Waals surface area contributed by atoms with E-state index in [1.165, 1.54) is 0 Å². The monoisotopic (exact) mass is 296 g/mol. The van der Waals surface area contributed by atoms with E-state index in [0.717, 1.165) is 11.0 Å². The highest BCUT2D eigenvalue weighted by Gasteiger charge is 2.18. The van der Waals surface area contributed by atoms with Crippen LogP contribution in [0.3, 0.4) is 0 Å². The van der Waals surface area contributed by atoms with Crippen molar-refractivity contribution >= 4 is 28.6 Å². The standard InChI is InChI=1S/C14H17ClN2O3/c1-4-20-13(18)8-17-12-7-10(19-3)5-6-11(12)16-14(17)9(2)15/h5-7,9H,4,8H2,1-3H3. The first-order valence-electron chi connectivity index (χ1n) is 6.40. The maximum atomic E-state index is 11.7. The van der Waals surface area contributed by atoms with E-state index in [1.54, 1.807) is 18.6 Å². The molecule has 1 aromatic carbocycles. The summed E-state index contributed by atoms with van der Waals surface area (Å²) in [6, 6.07) is 5.51. The minimum Gasteiger partial charge on any atom is -0.497 e. The Balaban J connectivity index is 2.51. The molecule has 20 heavy (non-hydrogen) atoms. The number of hydrogen-bond donors (Lipinski definition) is 0. The Hall–Kier alpha value is -1.75. The molecule has 2 aromatic rings. The van der Waals surface area contributed by atoms with Gasteiger partial charge in [0.1, 0.15) is 18.1 Å². The first kappa shape index (κ1) is 14.7. The second-order valence-electron chi connectivity index (χ2n) is 4.33. The van der Waals surface area contributed by atoms with E-state index in [0.29, 0.717) is 18.2 Å². The normalized spacial score (nSPS) is 12.4. The number of imidazole rings is 1. The highest BCUT2D eigenvalue weighted by atomic mass is 35.5. The lowest BCUT2D eigenvalue weighted by molar-refractivity contribution is -0.143. The molecule has 1 heterocycles. The quantitative estimate of drug-likeness (QED) is 0.629. The average Bonchev–Trinajstić information content (AvgIpc) is 2.77. The predicted molar refractivity (Wildman–Crippen MR) is 77.2 cm³/mol. The van der Waals surface area contributed by atoms with Crippen LogP contribution in [0.15, 0.2) is 18.2 Å². The summed E-state index contributed by atoms with van der Waals surface area (Å²) in [5.74, 6) is 1.03. The summed E-state index contributed by atoms with van der Waals surface area (Å²) >= 11 is 6.15. The summed E-state index contributed by atoms with van der Waals surface area (Å²) in [5, 5.41) is -0.303. The van der Waals surface area contributed by atoms with Crippen molar-refractivity contribution in [1.82, 2.24) is 9.55 Å². The van der Waals surface area contributed by atoms with Crippen LogP contribution < -0.4 is 4.74 Å². The molecule has 0 spiro atoms. The van der Waals surface area contributed by atoms with Crippen molar-refractivity contribution in [3.05, 3.63) is 24.0 Å². The first-order valence-corrected chi connectivity index (χ1v) is 6.84. The lowest BCUT2D eigenvalue weighted by Gasteiger charge is -2.10. The maximum Gasteiger partial charge on any atom is 0.326 e. The number of hydrogen-bond acceptors (Lipinski definition) is 4. The van der Waals surface area contributed by atoms with Gasteiger partial charge in [-0.05, 0) is 26.0 Å². The highest BCUT2D eigenvalue weighted by Crippen LogP contribution is 2.27. The van der Waals surface area contributed by atoms with Gasteiger partial charge in [0.15, 0.2) is 0 Å². The molecule has 0 saturated carbocycles. The van der Waals surface area contributed by atoms with Gasteiger partial charge in [0, 0.05) is 6.07 Å². The van der Waals surface area contributed by atoms with Gasteiger partial charge in [-0.15, -0.1) is 11.6 Å². The van der Waals surface area contributed by atoms with E-state index in [9.17, 15) is 4.79 Å². The van der Waals surface area contributed by atoms with Crippen LogP contribution in [0.4, 0.5) is 0 Å². The van der Waals surface area contributed by atoms with Crippen LogP contribution in [0.2, 0.25) is 0 Å². The molecule has 0 aliphatic carbocycles. The largest absolute Gasteiger partial charge is 0.497 e. The fraction of sp³-hybridized carbons (Fsp3) is 0.429. The Labute approximate surface area is 122 Å². The minimum atomic E-state index is -0.312. The van der Waals surface area contributed by atoms with Crippen LogP contribution in [-0.4, -0.2) is 29.2 Å². The van der Waals surface area contributed by atoms with Gasteiger partial charge in [0.25, 0.3) is 0 Å². The summed E-state index contributed by atoms with van der Waals surface area (Å²) in [6.07, 6.45) is 0. The third-order valence-corrected chi connectivity index (χ3v) is 3.13. The van der Waals surface area contributed by atoms with E-state index in [4.69, 9.17) is 21.1 Å². The lowest BCUT2D eigenvalue weighted by atomic mass is 10.3. The van der Waals surface area contributed by atoms with Crippen LogP contribution in [0.5, 0.6) is 5.75 Å². The molecule has 0 bridgehead atoms. The Morgan fingerprint density at radius 3 is 2.85 bits per heavy atom. The van der Waals surface area contributed by atoms with Gasteiger partial charge in [0.2, 0.25) is 0 Å². The second-order valence-corrected chi connectivity index (χ2v) is 4.99. The Morgan fingerprint density at radius 2 is 2.25 bits per heavy atom. The smallest absolute Gasteiger partial charge is 0.326 e. The number of fused-ring (bicyclic) bond motifs is 1. The summed E-state index contributed by atoms with van der Waals surface area (Å²) in [6.45, 7) is 4.03. The number of alkyl halides is 1. The molecular weight excluding hydrogens is 280 g/mol. The molecule has 5 nitrogen and oxygen atoms in total. The van der Waals surface area contributed by atoms with Gasteiger partial charge in [-0.25, -0.2) is 4.98 Å². The molecule has 2 rings (SSSR count). The summed E-state index contributed by atoms with van der Waals surface area (Å²) in [7, 11) is 1.60. The number of carbonyl (C=O) groups is 1. The summed E-state index contributed by atoms with van der Waals surface area (Å²) in [4.78, 5) is 16.2. The van der Waals surface area contributed by atoms with Gasteiger partial charge >= 0.3 is 5.97 Å². The average molecular weight is 297 g/mol. The zero-order chi connectivity index (χ0) is 14.7. The van der Waals surface area contributed by atoms with Crippen LogP contribution >= 0.6 is 11.6 Å². The molecule has 1 unspecified atom stereocenters. The summed E-state index contributed by atoms with van der Waals surface area (Å²) in [5.41, 5.74) is 1.58.